The van der Waals surface area contributed by atoms with E-state index in [0.717, 1.165) is 38.3 Å². The van der Waals surface area contributed by atoms with Crippen molar-refractivity contribution in [2.24, 2.45) is 0 Å². The Labute approximate surface area is 174 Å². The minimum Gasteiger partial charge on any atom is -0.479 e. The maximum Gasteiger partial charge on any atom is 0.337 e. The van der Waals surface area contributed by atoms with E-state index in [2.05, 4.69) is 6.92 Å². The molecule has 1 heterocycles. The van der Waals surface area contributed by atoms with Crippen molar-refractivity contribution < 1.29 is 14.6 Å². The number of nitrogens with zero attached hydrogens (tertiary/aromatic N) is 1. The normalized spacial score (nSPS) is 13.1. The molecule has 1 atom stereocenters. The van der Waals surface area contributed by atoms with Crippen LogP contribution in [-0.2, 0) is 16.0 Å². The van der Waals surface area contributed by atoms with E-state index < -0.39 is 17.7 Å². The fourth-order valence-corrected chi connectivity index (χ4v) is 4.42. The van der Waals surface area contributed by atoms with Crippen molar-refractivity contribution in [2.75, 3.05) is 0 Å². The van der Waals surface area contributed by atoms with Crippen LogP contribution in [0, 0.1) is 6.92 Å². The molecule has 148 valence electrons. The lowest BCUT2D eigenvalue weighted by molar-refractivity contribution is -0.160. The maximum atomic E-state index is 12.2. The zero-order valence-corrected chi connectivity index (χ0v) is 18.2. The summed E-state index contributed by atoms with van der Waals surface area (Å²) in [5.74, 6) is -1.01. The number of halogens is 1. The van der Waals surface area contributed by atoms with E-state index >= 15 is 0 Å². The number of hydrogen-bond acceptors (Lipinski definition) is 4. The first-order chi connectivity index (χ1) is 13.1. The molecule has 3 rings (SSSR count). The molecule has 1 N–H and O–H groups in total. The molecule has 0 aliphatic rings. The van der Waals surface area contributed by atoms with Crippen molar-refractivity contribution in [3.05, 3.63) is 51.5 Å². The average molecular weight is 418 g/mol. The fourth-order valence-electron chi connectivity index (χ4n) is 3.24. The van der Waals surface area contributed by atoms with Crippen molar-refractivity contribution in [2.45, 2.75) is 52.7 Å². The SMILES string of the molecule is CCc1nc2cc(C)c(C(OC(C)(C)C)C(=O)O)c(-c3ccc(Cl)cc3)c2s1. The van der Waals surface area contributed by atoms with E-state index in [1.807, 2.05) is 58.0 Å². The summed E-state index contributed by atoms with van der Waals surface area (Å²) in [7, 11) is 0. The largest absolute Gasteiger partial charge is 0.479 e. The summed E-state index contributed by atoms with van der Waals surface area (Å²) in [5.41, 5.74) is 3.56. The zero-order chi connectivity index (χ0) is 20.6. The highest BCUT2D eigenvalue weighted by atomic mass is 35.5. The van der Waals surface area contributed by atoms with E-state index in [1.54, 1.807) is 11.3 Å². The molecular weight excluding hydrogens is 394 g/mol. The zero-order valence-electron chi connectivity index (χ0n) is 16.7. The highest BCUT2D eigenvalue weighted by Gasteiger charge is 2.32. The van der Waals surface area contributed by atoms with Gasteiger partial charge in [-0.3, -0.25) is 0 Å². The third-order valence-corrected chi connectivity index (χ3v) is 5.85. The second kappa shape index (κ2) is 7.82. The van der Waals surface area contributed by atoms with Crippen LogP contribution in [0.1, 0.15) is 49.9 Å². The van der Waals surface area contributed by atoms with Gasteiger partial charge in [0.15, 0.2) is 6.10 Å². The first kappa shape index (κ1) is 20.8. The van der Waals surface area contributed by atoms with Gasteiger partial charge in [-0.1, -0.05) is 30.7 Å². The van der Waals surface area contributed by atoms with E-state index in [1.165, 1.54) is 0 Å². The molecule has 0 aliphatic carbocycles. The van der Waals surface area contributed by atoms with Crippen LogP contribution >= 0.6 is 22.9 Å². The van der Waals surface area contributed by atoms with Crippen molar-refractivity contribution in [1.82, 2.24) is 4.98 Å². The first-order valence-corrected chi connectivity index (χ1v) is 10.4. The molecule has 1 unspecified atom stereocenters. The number of aromatic nitrogens is 1. The number of rotatable bonds is 5. The molecular formula is C22H24ClNO3S. The van der Waals surface area contributed by atoms with Crippen LogP contribution in [0.4, 0.5) is 0 Å². The van der Waals surface area contributed by atoms with Crippen molar-refractivity contribution >= 4 is 39.1 Å². The van der Waals surface area contributed by atoms with Crippen LogP contribution in [0.25, 0.3) is 21.3 Å². The summed E-state index contributed by atoms with van der Waals surface area (Å²) in [4.78, 5) is 16.9. The minimum absolute atomic E-state index is 0.607. The Kier molecular flexibility index (Phi) is 5.80. The van der Waals surface area contributed by atoms with Gasteiger partial charge in [0.1, 0.15) is 0 Å². The number of carboxylic acid groups (broad SMARTS) is 1. The molecule has 6 heteroatoms. The topological polar surface area (TPSA) is 59.4 Å². The summed E-state index contributed by atoms with van der Waals surface area (Å²) < 4.78 is 6.97. The first-order valence-electron chi connectivity index (χ1n) is 9.20. The highest BCUT2D eigenvalue weighted by Crippen LogP contribution is 2.42. The molecule has 0 radical (unpaired) electrons. The van der Waals surface area contributed by atoms with Crippen LogP contribution in [0.15, 0.2) is 30.3 Å². The Morgan fingerprint density at radius 2 is 1.93 bits per heavy atom. The molecule has 0 amide bonds. The number of thiazole rings is 1. The van der Waals surface area contributed by atoms with Gasteiger partial charge in [0.05, 0.1) is 20.8 Å². The lowest BCUT2D eigenvalue weighted by atomic mass is 9.91. The molecule has 0 fully saturated rings. The number of carboxylic acids is 1. The molecule has 0 bridgehead atoms. The molecule has 0 spiro atoms. The Balaban J connectivity index is 2.37. The summed E-state index contributed by atoms with van der Waals surface area (Å²) in [6, 6.07) is 9.43. The summed E-state index contributed by atoms with van der Waals surface area (Å²) in [5, 5.41) is 11.6. The van der Waals surface area contributed by atoms with E-state index in [4.69, 9.17) is 21.3 Å². The van der Waals surface area contributed by atoms with Gasteiger partial charge in [-0.15, -0.1) is 11.3 Å². The minimum atomic E-state index is -1.08. The van der Waals surface area contributed by atoms with E-state index in [9.17, 15) is 9.90 Å². The van der Waals surface area contributed by atoms with Crippen LogP contribution in [0.5, 0.6) is 0 Å². The molecule has 0 saturated heterocycles. The van der Waals surface area contributed by atoms with Gasteiger partial charge in [-0.25, -0.2) is 9.78 Å². The number of aliphatic carboxylic acids is 1. The second-order valence-corrected chi connectivity index (χ2v) is 9.27. The van der Waals surface area contributed by atoms with Crippen LogP contribution in [0.2, 0.25) is 5.02 Å². The van der Waals surface area contributed by atoms with Gasteiger partial charge in [0.2, 0.25) is 0 Å². The maximum absolute atomic E-state index is 12.2. The predicted octanol–water partition coefficient (Wildman–Crippen LogP) is 6.43. The molecule has 0 aliphatic heterocycles. The van der Waals surface area contributed by atoms with Crippen molar-refractivity contribution in [1.29, 1.82) is 0 Å². The molecule has 0 saturated carbocycles. The fraction of sp³-hybridized carbons (Fsp3) is 0.364. The van der Waals surface area contributed by atoms with Gasteiger partial charge in [-0.2, -0.15) is 0 Å². The van der Waals surface area contributed by atoms with Gasteiger partial charge in [0.25, 0.3) is 0 Å². The third-order valence-electron chi connectivity index (χ3n) is 4.37. The molecule has 2 aromatic carbocycles. The third kappa shape index (κ3) is 4.22. The monoisotopic (exact) mass is 417 g/mol. The smallest absolute Gasteiger partial charge is 0.337 e. The molecule has 28 heavy (non-hydrogen) atoms. The van der Waals surface area contributed by atoms with Crippen LogP contribution in [-0.4, -0.2) is 21.7 Å². The Morgan fingerprint density at radius 3 is 2.46 bits per heavy atom. The second-order valence-electron chi connectivity index (χ2n) is 7.75. The van der Waals surface area contributed by atoms with E-state index in [0.29, 0.717) is 10.6 Å². The Morgan fingerprint density at radius 1 is 1.29 bits per heavy atom. The highest BCUT2D eigenvalue weighted by molar-refractivity contribution is 7.19. The van der Waals surface area contributed by atoms with Gasteiger partial charge in [-0.05, 0) is 63.4 Å². The molecule has 3 aromatic rings. The lowest BCUT2D eigenvalue weighted by Gasteiger charge is -2.28. The van der Waals surface area contributed by atoms with Gasteiger partial charge >= 0.3 is 5.97 Å². The number of benzene rings is 2. The van der Waals surface area contributed by atoms with Gasteiger partial charge < -0.3 is 9.84 Å². The number of carbonyl (C=O) groups is 1. The van der Waals surface area contributed by atoms with Crippen molar-refractivity contribution in [3.8, 4) is 11.1 Å². The van der Waals surface area contributed by atoms with Gasteiger partial charge in [0, 0.05) is 16.1 Å². The van der Waals surface area contributed by atoms with Crippen LogP contribution < -0.4 is 0 Å². The lowest BCUT2D eigenvalue weighted by Crippen LogP contribution is -2.28. The Hall–Kier alpha value is -1.95. The number of fused-ring (bicyclic) bond motifs is 1. The predicted molar refractivity (Wildman–Crippen MR) is 115 cm³/mol. The summed E-state index contributed by atoms with van der Waals surface area (Å²) in [6.45, 7) is 9.57. The summed E-state index contributed by atoms with van der Waals surface area (Å²) >= 11 is 7.69. The average Bonchev–Trinajstić information content (AvgIpc) is 3.01. The molecule has 1 aromatic heterocycles. The number of aryl methyl sites for hydroxylation is 2. The molecule has 4 nitrogen and oxygen atoms in total. The number of ether oxygens (including phenoxy) is 1. The van der Waals surface area contributed by atoms with E-state index in [-0.39, 0.29) is 0 Å². The summed E-state index contributed by atoms with van der Waals surface area (Å²) in [6.07, 6.45) is -0.253. The number of hydrogen-bond donors (Lipinski definition) is 1. The Bertz CT molecular complexity index is 1020. The van der Waals surface area contributed by atoms with Crippen molar-refractivity contribution in [3.63, 3.8) is 0 Å². The standard InChI is InChI=1S/C22H24ClNO3S/c1-6-16-24-15-11-12(2)17(19(21(25)26)27-22(3,4)5)18(20(15)28-16)13-7-9-14(23)10-8-13/h7-11,19H,6H2,1-5H3,(H,25,26). The quantitative estimate of drug-likeness (QED) is 0.519. The van der Waals surface area contributed by atoms with Crippen LogP contribution in [0.3, 0.4) is 0 Å².